The van der Waals surface area contributed by atoms with Crippen molar-refractivity contribution in [2.75, 3.05) is 18.0 Å². The number of hydrogen-bond donors (Lipinski definition) is 1. The van der Waals surface area contributed by atoms with Gasteiger partial charge in [0.05, 0.1) is 5.69 Å². The zero-order valence-electron chi connectivity index (χ0n) is 14.1. The van der Waals surface area contributed by atoms with E-state index in [2.05, 4.69) is 79.0 Å². The third-order valence-electron chi connectivity index (χ3n) is 4.08. The molecular weight excluding hydrogens is 324 g/mol. The van der Waals surface area contributed by atoms with E-state index in [0.717, 1.165) is 13.1 Å². The van der Waals surface area contributed by atoms with E-state index in [1.54, 1.807) is 0 Å². The second-order valence-corrected chi connectivity index (χ2v) is 8.93. The molecule has 1 aliphatic rings. The van der Waals surface area contributed by atoms with Gasteiger partial charge in [0.1, 0.15) is 0 Å². The Balaban J connectivity index is 2.09. The summed E-state index contributed by atoms with van der Waals surface area (Å²) in [6, 6.07) is 6.78. The molecule has 2 rings (SSSR count). The molecule has 0 bridgehead atoms. The zero-order valence-corrected chi connectivity index (χ0v) is 15.7. The predicted octanol–water partition coefficient (Wildman–Crippen LogP) is 4.96. The number of nitrogens with zero attached hydrogens (tertiary/aromatic N) is 1. The molecule has 0 aromatic heterocycles. The van der Waals surface area contributed by atoms with Crippen LogP contribution in [-0.4, -0.2) is 18.6 Å². The van der Waals surface area contributed by atoms with Crippen LogP contribution in [0.5, 0.6) is 0 Å². The highest BCUT2D eigenvalue weighted by Crippen LogP contribution is 2.35. The van der Waals surface area contributed by atoms with Gasteiger partial charge in [-0.15, -0.1) is 0 Å². The van der Waals surface area contributed by atoms with E-state index in [1.165, 1.54) is 35.1 Å². The van der Waals surface area contributed by atoms with Crippen molar-refractivity contribution in [1.82, 2.24) is 5.32 Å². The molecule has 0 aliphatic carbocycles. The van der Waals surface area contributed by atoms with Crippen LogP contribution in [0.4, 0.5) is 5.69 Å². The summed E-state index contributed by atoms with van der Waals surface area (Å²) in [7, 11) is 0. The normalized spacial score (nSPS) is 18.9. The van der Waals surface area contributed by atoms with Gasteiger partial charge in [-0.05, 0) is 72.7 Å². The lowest BCUT2D eigenvalue weighted by Gasteiger charge is -2.40. The summed E-state index contributed by atoms with van der Waals surface area (Å²) in [6.07, 6.45) is 2.61. The van der Waals surface area contributed by atoms with Gasteiger partial charge < -0.3 is 10.2 Å². The van der Waals surface area contributed by atoms with Gasteiger partial charge >= 0.3 is 0 Å². The molecule has 0 radical (unpaired) electrons. The van der Waals surface area contributed by atoms with Crippen LogP contribution < -0.4 is 10.2 Å². The largest absolute Gasteiger partial charge is 0.370 e. The van der Waals surface area contributed by atoms with Crippen LogP contribution in [0.2, 0.25) is 0 Å². The van der Waals surface area contributed by atoms with E-state index in [9.17, 15) is 0 Å². The van der Waals surface area contributed by atoms with Crippen molar-refractivity contribution in [3.63, 3.8) is 0 Å². The fourth-order valence-corrected chi connectivity index (χ4v) is 3.59. The number of hydrogen-bond acceptors (Lipinski definition) is 2. The van der Waals surface area contributed by atoms with Crippen molar-refractivity contribution < 1.29 is 0 Å². The molecule has 1 aromatic carbocycles. The minimum Gasteiger partial charge on any atom is -0.370 e. The maximum Gasteiger partial charge on any atom is 0.0511 e. The molecule has 1 fully saturated rings. The van der Waals surface area contributed by atoms with E-state index in [-0.39, 0.29) is 5.54 Å². The first kappa shape index (κ1) is 16.8. The first-order chi connectivity index (χ1) is 9.66. The Morgan fingerprint density at radius 2 is 2.00 bits per heavy atom. The molecule has 0 spiro atoms. The lowest BCUT2D eigenvalue weighted by molar-refractivity contribution is 0.293. The van der Waals surface area contributed by atoms with Gasteiger partial charge in [0.25, 0.3) is 0 Å². The van der Waals surface area contributed by atoms with Crippen molar-refractivity contribution >= 4 is 21.6 Å². The fourth-order valence-electron chi connectivity index (χ4n) is 2.91. The van der Waals surface area contributed by atoms with Crippen LogP contribution in [0.3, 0.4) is 0 Å². The minimum atomic E-state index is 0.155. The Hall–Kier alpha value is -0.540. The second-order valence-electron chi connectivity index (χ2n) is 8.08. The Morgan fingerprint density at radius 1 is 1.29 bits per heavy atom. The minimum absolute atomic E-state index is 0.155. The molecular formula is C18H29BrN2. The lowest BCUT2D eigenvalue weighted by atomic mass is 9.84. The van der Waals surface area contributed by atoms with Gasteiger partial charge in [-0.1, -0.05) is 19.9 Å². The van der Waals surface area contributed by atoms with E-state index in [1.807, 2.05) is 0 Å². The topological polar surface area (TPSA) is 15.3 Å². The average Bonchev–Trinajstić information content (AvgIpc) is 2.34. The molecule has 2 nitrogen and oxygen atoms in total. The molecule has 0 atom stereocenters. The molecule has 0 unspecified atom stereocenters. The summed E-state index contributed by atoms with van der Waals surface area (Å²) in [5.74, 6) is 0. The van der Waals surface area contributed by atoms with Gasteiger partial charge in [-0.2, -0.15) is 0 Å². The highest BCUT2D eigenvalue weighted by molar-refractivity contribution is 9.10. The molecule has 1 saturated heterocycles. The Labute approximate surface area is 138 Å². The van der Waals surface area contributed by atoms with Gasteiger partial charge in [0.15, 0.2) is 0 Å². The summed E-state index contributed by atoms with van der Waals surface area (Å²) in [5, 5.41) is 3.54. The average molecular weight is 353 g/mol. The molecule has 21 heavy (non-hydrogen) atoms. The van der Waals surface area contributed by atoms with Gasteiger partial charge in [0.2, 0.25) is 0 Å². The van der Waals surface area contributed by atoms with E-state index >= 15 is 0 Å². The number of nitrogens with one attached hydrogen (secondary N) is 1. The third kappa shape index (κ3) is 5.00. The Kier molecular flexibility index (Phi) is 5.04. The monoisotopic (exact) mass is 352 g/mol. The van der Waals surface area contributed by atoms with Crippen molar-refractivity contribution in [3.8, 4) is 0 Å². The molecule has 1 aliphatic heterocycles. The Bertz CT molecular complexity index is 488. The number of anilines is 1. The molecule has 0 saturated carbocycles. The van der Waals surface area contributed by atoms with E-state index in [4.69, 9.17) is 0 Å². The van der Waals surface area contributed by atoms with Gasteiger partial charge in [-0.25, -0.2) is 0 Å². The van der Waals surface area contributed by atoms with E-state index in [0.29, 0.717) is 5.41 Å². The standard InChI is InChI=1S/C18H29BrN2/c1-17(2,3)20-12-14-7-8-16(15(19)11-14)21-10-6-9-18(4,5)13-21/h7-8,11,20H,6,9-10,12-13H2,1-5H3. The maximum atomic E-state index is 3.77. The highest BCUT2D eigenvalue weighted by Gasteiger charge is 2.27. The summed E-state index contributed by atoms with van der Waals surface area (Å²) >= 11 is 3.77. The van der Waals surface area contributed by atoms with Gasteiger partial charge in [0, 0.05) is 29.6 Å². The highest BCUT2D eigenvalue weighted by atomic mass is 79.9. The van der Waals surface area contributed by atoms with Crippen molar-refractivity contribution in [2.45, 2.75) is 59.5 Å². The lowest BCUT2D eigenvalue weighted by Crippen LogP contribution is -2.40. The quantitative estimate of drug-likeness (QED) is 0.826. The molecule has 1 aromatic rings. The molecule has 3 heteroatoms. The molecule has 0 amide bonds. The van der Waals surface area contributed by atoms with Gasteiger partial charge in [-0.3, -0.25) is 0 Å². The summed E-state index contributed by atoms with van der Waals surface area (Å²) in [4.78, 5) is 2.52. The van der Waals surface area contributed by atoms with Crippen LogP contribution in [0.25, 0.3) is 0 Å². The first-order valence-corrected chi connectivity index (χ1v) is 8.74. The maximum absolute atomic E-state index is 3.77. The summed E-state index contributed by atoms with van der Waals surface area (Å²) in [6.45, 7) is 14.6. The van der Waals surface area contributed by atoms with Crippen LogP contribution in [0.1, 0.15) is 53.0 Å². The first-order valence-electron chi connectivity index (χ1n) is 7.95. The van der Waals surface area contributed by atoms with Crippen molar-refractivity contribution in [2.24, 2.45) is 5.41 Å². The molecule has 1 heterocycles. The number of piperidine rings is 1. The SMILES string of the molecule is CC1(C)CCCN(c2ccc(CNC(C)(C)C)cc2Br)C1. The summed E-state index contributed by atoms with van der Waals surface area (Å²) < 4.78 is 1.22. The van der Waals surface area contributed by atoms with Crippen LogP contribution in [0.15, 0.2) is 22.7 Å². The number of benzene rings is 1. The number of rotatable bonds is 3. The molecule has 1 N–H and O–H groups in total. The second kappa shape index (κ2) is 6.29. The van der Waals surface area contributed by atoms with Crippen molar-refractivity contribution in [3.05, 3.63) is 28.2 Å². The number of halogens is 1. The van der Waals surface area contributed by atoms with Crippen LogP contribution in [-0.2, 0) is 6.54 Å². The predicted molar refractivity (Wildman–Crippen MR) is 96.0 cm³/mol. The Morgan fingerprint density at radius 3 is 2.57 bits per heavy atom. The van der Waals surface area contributed by atoms with E-state index < -0.39 is 0 Å². The third-order valence-corrected chi connectivity index (χ3v) is 4.71. The fraction of sp³-hybridized carbons (Fsp3) is 0.667. The van der Waals surface area contributed by atoms with Crippen molar-refractivity contribution in [1.29, 1.82) is 0 Å². The molecule has 118 valence electrons. The van der Waals surface area contributed by atoms with Crippen LogP contribution >= 0.6 is 15.9 Å². The zero-order chi connectivity index (χ0) is 15.7. The van der Waals surface area contributed by atoms with Crippen LogP contribution in [0, 0.1) is 5.41 Å². The smallest absolute Gasteiger partial charge is 0.0511 e. The summed E-state index contributed by atoms with van der Waals surface area (Å²) in [5.41, 5.74) is 3.24.